The number of halogens is 1. The number of aromatic amines is 1. The Kier molecular flexibility index (Phi) is 4.52. The second-order valence-electron chi connectivity index (χ2n) is 3.98. The second-order valence-corrected chi connectivity index (χ2v) is 4.90. The van der Waals surface area contributed by atoms with Crippen LogP contribution in [-0.2, 0) is 17.6 Å². The molecule has 0 saturated carbocycles. The fourth-order valence-corrected chi connectivity index (χ4v) is 1.87. The summed E-state index contributed by atoms with van der Waals surface area (Å²) in [6, 6.07) is 7.76. The van der Waals surface area contributed by atoms with Gasteiger partial charge in [0, 0.05) is 29.3 Å². The Morgan fingerprint density at radius 1 is 1.33 bits per heavy atom. The molecular weight excluding hydrogens is 294 g/mol. The molecule has 0 fully saturated rings. The Bertz CT molecular complexity index is 493. The molecule has 0 aliphatic heterocycles. The fraction of sp³-hybridized carbons (Fsp3) is 0.231. The summed E-state index contributed by atoms with van der Waals surface area (Å²) in [5.41, 5.74) is 2.04. The first-order valence-electron chi connectivity index (χ1n) is 5.72. The average Bonchev–Trinajstić information content (AvgIpc) is 2.85. The smallest absolute Gasteiger partial charge is 0.224 e. The van der Waals surface area contributed by atoms with Gasteiger partial charge in [-0.05, 0) is 17.7 Å². The zero-order chi connectivity index (χ0) is 12.8. The lowest BCUT2D eigenvalue weighted by atomic mass is 10.1. The van der Waals surface area contributed by atoms with Crippen molar-refractivity contribution >= 4 is 21.8 Å². The van der Waals surface area contributed by atoms with E-state index in [-0.39, 0.29) is 5.91 Å². The molecule has 5 heteroatoms. The van der Waals surface area contributed by atoms with Crippen molar-refractivity contribution in [3.63, 3.8) is 0 Å². The molecule has 0 spiro atoms. The summed E-state index contributed by atoms with van der Waals surface area (Å²) in [6.07, 6.45) is 4.59. The highest BCUT2D eigenvalue weighted by Gasteiger charge is 2.03. The first kappa shape index (κ1) is 12.8. The van der Waals surface area contributed by atoms with Crippen molar-refractivity contribution in [3.05, 3.63) is 52.5 Å². The number of benzene rings is 1. The van der Waals surface area contributed by atoms with Crippen LogP contribution in [0.15, 0.2) is 41.3 Å². The minimum Gasteiger partial charge on any atom is -0.355 e. The summed E-state index contributed by atoms with van der Waals surface area (Å²) in [5.74, 6) is 0.0387. The lowest BCUT2D eigenvalue weighted by Gasteiger charge is -2.04. The number of amides is 1. The molecule has 1 amide bonds. The van der Waals surface area contributed by atoms with Crippen molar-refractivity contribution in [2.45, 2.75) is 12.8 Å². The lowest BCUT2D eigenvalue weighted by Crippen LogP contribution is -2.27. The van der Waals surface area contributed by atoms with Gasteiger partial charge >= 0.3 is 0 Å². The second kappa shape index (κ2) is 6.35. The summed E-state index contributed by atoms with van der Waals surface area (Å²) >= 11 is 3.37. The molecule has 1 aromatic carbocycles. The molecule has 94 valence electrons. The highest BCUT2D eigenvalue weighted by atomic mass is 79.9. The number of rotatable bonds is 5. The predicted molar refractivity (Wildman–Crippen MR) is 73.1 cm³/mol. The van der Waals surface area contributed by atoms with E-state index in [4.69, 9.17) is 0 Å². The SMILES string of the molecule is O=C(Cc1ccc(Br)cc1)NCCc1cnc[nH]1. The molecule has 2 rings (SSSR count). The molecule has 0 atom stereocenters. The van der Waals surface area contributed by atoms with E-state index in [0.29, 0.717) is 13.0 Å². The van der Waals surface area contributed by atoms with Gasteiger partial charge in [0.15, 0.2) is 0 Å². The third-order valence-electron chi connectivity index (χ3n) is 2.55. The van der Waals surface area contributed by atoms with Crippen LogP contribution in [0.3, 0.4) is 0 Å². The lowest BCUT2D eigenvalue weighted by molar-refractivity contribution is -0.120. The van der Waals surface area contributed by atoms with Crippen LogP contribution in [0.5, 0.6) is 0 Å². The number of aromatic nitrogens is 2. The van der Waals surface area contributed by atoms with E-state index >= 15 is 0 Å². The largest absolute Gasteiger partial charge is 0.355 e. The Hall–Kier alpha value is -1.62. The van der Waals surface area contributed by atoms with E-state index < -0.39 is 0 Å². The predicted octanol–water partition coefficient (Wildman–Crippen LogP) is 2.07. The number of nitrogens with zero attached hydrogens (tertiary/aromatic N) is 1. The van der Waals surface area contributed by atoms with Gasteiger partial charge in [-0.2, -0.15) is 0 Å². The minimum atomic E-state index is 0.0387. The van der Waals surface area contributed by atoms with Crippen LogP contribution >= 0.6 is 15.9 Å². The molecule has 1 heterocycles. The topological polar surface area (TPSA) is 57.8 Å². The normalized spacial score (nSPS) is 10.3. The van der Waals surface area contributed by atoms with Gasteiger partial charge in [0.2, 0.25) is 5.91 Å². The Labute approximate surface area is 114 Å². The monoisotopic (exact) mass is 307 g/mol. The summed E-state index contributed by atoms with van der Waals surface area (Å²) in [4.78, 5) is 18.6. The number of hydrogen-bond donors (Lipinski definition) is 2. The number of carbonyl (C=O) groups is 1. The highest BCUT2D eigenvalue weighted by molar-refractivity contribution is 9.10. The number of carbonyl (C=O) groups excluding carboxylic acids is 1. The van der Waals surface area contributed by atoms with Crippen LogP contribution in [0.25, 0.3) is 0 Å². The van der Waals surface area contributed by atoms with Crippen LogP contribution in [0.4, 0.5) is 0 Å². The van der Waals surface area contributed by atoms with Crippen LogP contribution in [0, 0.1) is 0 Å². The van der Waals surface area contributed by atoms with E-state index in [1.54, 1.807) is 12.5 Å². The third kappa shape index (κ3) is 4.00. The number of nitrogens with one attached hydrogen (secondary N) is 2. The van der Waals surface area contributed by atoms with Crippen LogP contribution in [0.1, 0.15) is 11.3 Å². The Morgan fingerprint density at radius 2 is 2.11 bits per heavy atom. The van der Waals surface area contributed by atoms with Gasteiger partial charge in [0.25, 0.3) is 0 Å². The van der Waals surface area contributed by atoms with Crippen LogP contribution in [0.2, 0.25) is 0 Å². The maximum Gasteiger partial charge on any atom is 0.224 e. The van der Waals surface area contributed by atoms with Gasteiger partial charge in [-0.15, -0.1) is 0 Å². The zero-order valence-electron chi connectivity index (χ0n) is 9.82. The standard InChI is InChI=1S/C13H14BrN3O/c14-11-3-1-10(2-4-11)7-13(18)16-6-5-12-8-15-9-17-12/h1-4,8-9H,5-7H2,(H,15,17)(H,16,18). The maximum absolute atomic E-state index is 11.7. The quantitative estimate of drug-likeness (QED) is 0.888. The summed E-state index contributed by atoms with van der Waals surface area (Å²) < 4.78 is 1.02. The highest BCUT2D eigenvalue weighted by Crippen LogP contribution is 2.10. The van der Waals surface area contributed by atoms with E-state index in [2.05, 4.69) is 31.2 Å². The van der Waals surface area contributed by atoms with Crippen LogP contribution < -0.4 is 5.32 Å². The first-order valence-corrected chi connectivity index (χ1v) is 6.52. The van der Waals surface area contributed by atoms with Gasteiger partial charge in [-0.25, -0.2) is 4.98 Å². The van der Waals surface area contributed by atoms with Crippen molar-refractivity contribution < 1.29 is 4.79 Å². The van der Waals surface area contributed by atoms with Crippen molar-refractivity contribution in [1.29, 1.82) is 0 Å². The van der Waals surface area contributed by atoms with Gasteiger partial charge in [0.1, 0.15) is 0 Å². The van der Waals surface area contributed by atoms with Gasteiger partial charge < -0.3 is 10.3 Å². The first-order chi connectivity index (χ1) is 8.74. The maximum atomic E-state index is 11.7. The molecule has 0 radical (unpaired) electrons. The van der Waals surface area contributed by atoms with Crippen molar-refractivity contribution in [2.75, 3.05) is 6.54 Å². The average molecular weight is 308 g/mol. The Balaban J connectivity index is 1.73. The van der Waals surface area contributed by atoms with Gasteiger partial charge in [-0.1, -0.05) is 28.1 Å². The minimum absolute atomic E-state index is 0.0387. The van der Waals surface area contributed by atoms with Crippen molar-refractivity contribution in [2.24, 2.45) is 0 Å². The molecule has 18 heavy (non-hydrogen) atoms. The molecule has 0 bridgehead atoms. The summed E-state index contributed by atoms with van der Waals surface area (Å²) in [6.45, 7) is 0.623. The molecule has 2 N–H and O–H groups in total. The molecule has 4 nitrogen and oxygen atoms in total. The number of H-pyrrole nitrogens is 1. The zero-order valence-corrected chi connectivity index (χ0v) is 11.4. The Morgan fingerprint density at radius 3 is 2.78 bits per heavy atom. The van der Waals surface area contributed by atoms with Crippen LogP contribution in [-0.4, -0.2) is 22.4 Å². The molecular formula is C13H14BrN3O. The summed E-state index contributed by atoms with van der Waals surface area (Å²) in [7, 11) is 0. The summed E-state index contributed by atoms with van der Waals surface area (Å²) in [5, 5.41) is 2.89. The third-order valence-corrected chi connectivity index (χ3v) is 3.08. The van der Waals surface area contributed by atoms with E-state index in [9.17, 15) is 4.79 Å². The molecule has 0 aliphatic carbocycles. The van der Waals surface area contributed by atoms with Crippen molar-refractivity contribution in [3.8, 4) is 0 Å². The fourth-order valence-electron chi connectivity index (χ4n) is 1.61. The van der Waals surface area contributed by atoms with E-state index in [1.165, 1.54) is 0 Å². The molecule has 0 unspecified atom stereocenters. The molecule has 0 saturated heterocycles. The molecule has 2 aromatic rings. The van der Waals surface area contributed by atoms with E-state index in [0.717, 1.165) is 22.2 Å². The number of imidazole rings is 1. The van der Waals surface area contributed by atoms with E-state index in [1.807, 2.05) is 24.3 Å². The number of hydrogen-bond acceptors (Lipinski definition) is 2. The van der Waals surface area contributed by atoms with Gasteiger partial charge in [-0.3, -0.25) is 4.79 Å². The van der Waals surface area contributed by atoms with Gasteiger partial charge in [0.05, 0.1) is 12.7 Å². The van der Waals surface area contributed by atoms with Crippen molar-refractivity contribution in [1.82, 2.24) is 15.3 Å². The molecule has 0 aliphatic rings. The molecule has 1 aromatic heterocycles.